The highest BCUT2D eigenvalue weighted by Gasteiger charge is 2.15. The van der Waals surface area contributed by atoms with Crippen molar-refractivity contribution in [3.63, 3.8) is 0 Å². The molecule has 2 heterocycles. The van der Waals surface area contributed by atoms with E-state index < -0.39 is 0 Å². The molecule has 0 saturated carbocycles. The number of rotatable bonds is 2. The number of hydrogen-bond acceptors (Lipinski definition) is 4. The van der Waals surface area contributed by atoms with Gasteiger partial charge in [0.25, 0.3) is 11.4 Å². The van der Waals surface area contributed by atoms with E-state index in [2.05, 4.69) is 15.1 Å². The lowest BCUT2D eigenvalue weighted by molar-refractivity contribution is 0.432. The zero-order chi connectivity index (χ0) is 16.7. The lowest BCUT2D eigenvalue weighted by atomic mass is 10.1. The number of nitrogens with one attached hydrogen (secondary N) is 1. The number of H-pyrrole nitrogens is 1. The Kier molecular flexibility index (Phi) is 3.27. The molecule has 5 heteroatoms. The molecule has 2 aromatic carbocycles. The maximum atomic E-state index is 12.4. The first-order valence-corrected chi connectivity index (χ1v) is 7.66. The molecule has 4 aromatic rings. The van der Waals surface area contributed by atoms with Crippen LogP contribution in [0.15, 0.2) is 57.8 Å². The van der Waals surface area contributed by atoms with E-state index in [4.69, 9.17) is 4.52 Å². The number of pyridine rings is 1. The third kappa shape index (κ3) is 2.31. The van der Waals surface area contributed by atoms with Crippen LogP contribution in [0.4, 0.5) is 0 Å². The van der Waals surface area contributed by atoms with Gasteiger partial charge in [-0.25, -0.2) is 0 Å². The van der Waals surface area contributed by atoms with Crippen molar-refractivity contribution >= 4 is 10.9 Å². The molecule has 0 aliphatic heterocycles. The van der Waals surface area contributed by atoms with Gasteiger partial charge in [0, 0.05) is 5.56 Å². The van der Waals surface area contributed by atoms with Gasteiger partial charge in [0.1, 0.15) is 0 Å². The fraction of sp³-hybridized carbons (Fsp3) is 0.105. The molecule has 0 radical (unpaired) electrons. The largest absolute Gasteiger partial charge is 0.334 e. The van der Waals surface area contributed by atoms with E-state index in [1.54, 1.807) is 6.07 Å². The maximum absolute atomic E-state index is 12.4. The van der Waals surface area contributed by atoms with Gasteiger partial charge in [-0.1, -0.05) is 41.6 Å². The third-order valence-electron chi connectivity index (χ3n) is 4.13. The number of para-hydroxylation sites is 1. The average Bonchev–Trinajstić information content (AvgIpc) is 3.05. The topological polar surface area (TPSA) is 71.8 Å². The summed E-state index contributed by atoms with van der Waals surface area (Å²) in [7, 11) is 0. The predicted molar refractivity (Wildman–Crippen MR) is 92.8 cm³/mol. The predicted octanol–water partition coefficient (Wildman–Crippen LogP) is 3.86. The summed E-state index contributed by atoms with van der Waals surface area (Å²) in [5.74, 6) is 0.699. The summed E-state index contributed by atoms with van der Waals surface area (Å²) in [6, 6.07) is 15.4. The summed E-state index contributed by atoms with van der Waals surface area (Å²) in [6.07, 6.45) is 0. The van der Waals surface area contributed by atoms with Crippen LogP contribution in [0.3, 0.4) is 0 Å². The second kappa shape index (κ2) is 5.45. The lowest BCUT2D eigenvalue weighted by Gasteiger charge is -2.02. The minimum Gasteiger partial charge on any atom is -0.334 e. The fourth-order valence-electron chi connectivity index (χ4n) is 2.80. The Balaban J connectivity index is 1.86. The normalized spacial score (nSPS) is 11.1. The zero-order valence-corrected chi connectivity index (χ0v) is 13.3. The molecular weight excluding hydrogens is 302 g/mol. The van der Waals surface area contributed by atoms with Crippen molar-refractivity contribution in [3.8, 4) is 22.8 Å². The number of fused-ring (bicyclic) bond motifs is 1. The second-order valence-corrected chi connectivity index (χ2v) is 5.79. The van der Waals surface area contributed by atoms with Crippen LogP contribution in [0.25, 0.3) is 33.7 Å². The summed E-state index contributed by atoms with van der Waals surface area (Å²) in [5.41, 5.74) is 3.92. The van der Waals surface area contributed by atoms with Gasteiger partial charge < -0.3 is 9.51 Å². The molecule has 0 atom stereocenters. The number of nitrogens with zero attached hydrogens (tertiary/aromatic N) is 2. The van der Waals surface area contributed by atoms with Crippen LogP contribution < -0.4 is 5.56 Å². The minimum atomic E-state index is -0.228. The van der Waals surface area contributed by atoms with Gasteiger partial charge in [-0.3, -0.25) is 4.79 Å². The van der Waals surface area contributed by atoms with Crippen LogP contribution >= 0.6 is 0 Å². The number of aromatic nitrogens is 3. The van der Waals surface area contributed by atoms with Crippen LogP contribution in [-0.4, -0.2) is 15.1 Å². The van der Waals surface area contributed by atoms with Crippen LogP contribution in [0.2, 0.25) is 0 Å². The lowest BCUT2D eigenvalue weighted by Crippen LogP contribution is -2.10. The van der Waals surface area contributed by atoms with E-state index in [1.807, 2.05) is 56.3 Å². The molecule has 24 heavy (non-hydrogen) atoms. The molecule has 0 spiro atoms. The van der Waals surface area contributed by atoms with Crippen molar-refractivity contribution in [2.75, 3.05) is 0 Å². The smallest absolute Gasteiger partial charge is 0.259 e. The Morgan fingerprint density at radius 2 is 1.75 bits per heavy atom. The molecule has 0 amide bonds. The highest BCUT2D eigenvalue weighted by molar-refractivity contribution is 5.84. The SMILES string of the molecule is Cc1ccccc1-c1nc(-c2cc3cccc(C)c3[nH]c2=O)no1. The van der Waals surface area contributed by atoms with Gasteiger partial charge in [0.05, 0.1) is 11.1 Å². The van der Waals surface area contributed by atoms with Crippen molar-refractivity contribution in [1.29, 1.82) is 0 Å². The molecule has 2 aromatic heterocycles. The quantitative estimate of drug-likeness (QED) is 0.609. The van der Waals surface area contributed by atoms with Gasteiger partial charge >= 0.3 is 0 Å². The monoisotopic (exact) mass is 317 g/mol. The van der Waals surface area contributed by atoms with Crippen LogP contribution in [-0.2, 0) is 0 Å². The highest BCUT2D eigenvalue weighted by Crippen LogP contribution is 2.24. The first kappa shape index (κ1) is 14.4. The van der Waals surface area contributed by atoms with Crippen molar-refractivity contribution in [2.24, 2.45) is 0 Å². The Morgan fingerprint density at radius 3 is 2.58 bits per heavy atom. The van der Waals surface area contributed by atoms with Gasteiger partial charge in [-0.2, -0.15) is 4.98 Å². The van der Waals surface area contributed by atoms with Crippen LogP contribution in [0.1, 0.15) is 11.1 Å². The van der Waals surface area contributed by atoms with E-state index in [-0.39, 0.29) is 11.4 Å². The molecule has 0 saturated heterocycles. The van der Waals surface area contributed by atoms with Gasteiger partial charge in [0.2, 0.25) is 5.82 Å². The van der Waals surface area contributed by atoms with Crippen molar-refractivity contribution in [2.45, 2.75) is 13.8 Å². The van der Waals surface area contributed by atoms with Crippen molar-refractivity contribution in [1.82, 2.24) is 15.1 Å². The Morgan fingerprint density at radius 1 is 0.958 bits per heavy atom. The average molecular weight is 317 g/mol. The molecule has 0 aliphatic carbocycles. The first-order valence-electron chi connectivity index (χ1n) is 7.66. The van der Waals surface area contributed by atoms with Crippen LogP contribution in [0, 0.1) is 13.8 Å². The van der Waals surface area contributed by atoms with E-state index >= 15 is 0 Å². The van der Waals surface area contributed by atoms with Gasteiger partial charge in [-0.05, 0) is 42.5 Å². The van der Waals surface area contributed by atoms with Crippen molar-refractivity contribution in [3.05, 3.63) is 70.0 Å². The fourth-order valence-corrected chi connectivity index (χ4v) is 2.80. The number of aromatic amines is 1. The van der Waals surface area contributed by atoms with E-state index in [9.17, 15) is 4.79 Å². The molecule has 4 rings (SSSR count). The highest BCUT2D eigenvalue weighted by atomic mass is 16.5. The van der Waals surface area contributed by atoms with Crippen LogP contribution in [0.5, 0.6) is 0 Å². The molecule has 0 fully saturated rings. The minimum absolute atomic E-state index is 0.228. The first-order chi connectivity index (χ1) is 11.6. The second-order valence-electron chi connectivity index (χ2n) is 5.79. The third-order valence-corrected chi connectivity index (χ3v) is 4.13. The van der Waals surface area contributed by atoms with Gasteiger partial charge in [0.15, 0.2) is 0 Å². The summed E-state index contributed by atoms with van der Waals surface area (Å²) in [4.78, 5) is 19.7. The number of hydrogen-bond donors (Lipinski definition) is 1. The zero-order valence-electron chi connectivity index (χ0n) is 13.3. The van der Waals surface area contributed by atoms with Gasteiger partial charge in [-0.15, -0.1) is 0 Å². The van der Waals surface area contributed by atoms with E-state index in [0.717, 1.165) is 27.6 Å². The summed E-state index contributed by atoms with van der Waals surface area (Å²) in [5, 5.41) is 4.92. The summed E-state index contributed by atoms with van der Waals surface area (Å²) in [6.45, 7) is 3.94. The number of benzene rings is 2. The van der Waals surface area contributed by atoms with Crippen molar-refractivity contribution < 1.29 is 4.52 Å². The Labute approximate surface area is 138 Å². The molecule has 0 bridgehead atoms. The Bertz CT molecular complexity index is 1110. The Hall–Kier alpha value is -3.21. The molecule has 0 aliphatic rings. The van der Waals surface area contributed by atoms with E-state index in [0.29, 0.717) is 11.5 Å². The maximum Gasteiger partial charge on any atom is 0.259 e. The molecule has 0 unspecified atom stereocenters. The molecule has 5 nitrogen and oxygen atoms in total. The van der Waals surface area contributed by atoms with E-state index in [1.165, 1.54) is 0 Å². The number of aryl methyl sites for hydroxylation is 2. The molecule has 118 valence electrons. The summed E-state index contributed by atoms with van der Waals surface area (Å²) < 4.78 is 5.36. The standard InChI is InChI=1S/C19H15N3O2/c1-11-6-3-4-9-14(11)19-21-17(22-24-19)15-10-13-8-5-7-12(2)16(13)20-18(15)23/h3-10H,1-2H3,(H,20,23). The molecular formula is C19H15N3O2. The molecule has 1 N–H and O–H groups in total. The summed E-state index contributed by atoms with van der Waals surface area (Å²) >= 11 is 0.